The number of hydrogen-bond donors (Lipinski definition) is 1. The number of halogens is 1. The van der Waals surface area contributed by atoms with Crippen LogP contribution >= 0.6 is 11.6 Å². The van der Waals surface area contributed by atoms with Crippen LogP contribution < -0.4 is 5.32 Å². The molecular weight excluding hydrogens is 430 g/mol. The van der Waals surface area contributed by atoms with Crippen molar-refractivity contribution in [2.75, 3.05) is 25.0 Å². The van der Waals surface area contributed by atoms with E-state index in [2.05, 4.69) is 64.8 Å². The Morgan fingerprint density at radius 2 is 1.67 bits per heavy atom. The van der Waals surface area contributed by atoms with Crippen molar-refractivity contribution < 1.29 is 4.79 Å². The van der Waals surface area contributed by atoms with Crippen LogP contribution in [-0.4, -0.2) is 41.5 Å². The molecule has 0 spiro atoms. The Hall–Kier alpha value is -3.08. The quantitative estimate of drug-likeness (QED) is 0.434. The molecule has 0 aromatic heterocycles. The largest absolute Gasteiger partial charge is 0.322 e. The molecule has 0 saturated carbocycles. The molecule has 2 amide bonds. The maximum absolute atomic E-state index is 13.3. The zero-order valence-electron chi connectivity index (χ0n) is 18.7. The first-order valence-corrected chi connectivity index (χ1v) is 11.9. The summed E-state index contributed by atoms with van der Waals surface area (Å²) < 4.78 is 0. The number of piperidine rings is 1. The summed E-state index contributed by atoms with van der Waals surface area (Å²) in [6.45, 7) is 3.46. The zero-order valence-corrected chi connectivity index (χ0v) is 19.5. The van der Waals surface area contributed by atoms with E-state index in [1.165, 1.54) is 5.56 Å². The van der Waals surface area contributed by atoms with Crippen molar-refractivity contribution >= 4 is 29.4 Å². The minimum Gasteiger partial charge on any atom is -0.318 e. The van der Waals surface area contributed by atoms with E-state index in [4.69, 9.17) is 11.6 Å². The molecule has 0 bridgehead atoms. The van der Waals surface area contributed by atoms with Gasteiger partial charge in [0.2, 0.25) is 0 Å². The van der Waals surface area contributed by atoms with E-state index in [-0.39, 0.29) is 12.1 Å². The molecule has 1 fully saturated rings. The molecule has 170 valence electrons. The number of hydrogen-bond acceptors (Lipinski definition) is 2. The lowest BCUT2D eigenvalue weighted by molar-refractivity contribution is 0.130. The second-order valence-electron chi connectivity index (χ2n) is 8.40. The van der Waals surface area contributed by atoms with Gasteiger partial charge in [-0.15, -0.1) is 0 Å². The predicted molar refractivity (Wildman–Crippen MR) is 137 cm³/mol. The van der Waals surface area contributed by atoms with Crippen molar-refractivity contribution in [1.29, 1.82) is 0 Å². The maximum Gasteiger partial charge on any atom is 0.322 e. The minimum atomic E-state index is -0.0866. The number of rotatable bonds is 7. The molecule has 1 N–H and O–H groups in total. The van der Waals surface area contributed by atoms with Crippen LogP contribution in [0.1, 0.15) is 24.0 Å². The molecule has 4 nitrogen and oxygen atoms in total. The highest BCUT2D eigenvalue weighted by atomic mass is 35.5. The van der Waals surface area contributed by atoms with Gasteiger partial charge in [-0.05, 0) is 42.2 Å². The standard InChI is InChI=1S/C28H30ClN3O/c29-25-14-7-15-26(21-25)30-28(33)32(18-8-13-23-9-3-1-4-10-23)27-16-19-31(20-17-27)22-24-11-5-2-6-12-24/h1-15,21,27H,16-20,22H2,(H,30,33)/b13-8+. The van der Waals surface area contributed by atoms with E-state index in [1.54, 1.807) is 12.1 Å². The van der Waals surface area contributed by atoms with Crippen molar-refractivity contribution in [3.05, 3.63) is 107 Å². The van der Waals surface area contributed by atoms with E-state index in [0.29, 0.717) is 17.3 Å². The Balaban J connectivity index is 1.41. The SMILES string of the molecule is O=C(Nc1cccc(Cl)c1)N(C/C=C/c1ccccc1)C1CCN(Cc2ccccc2)CC1. The van der Waals surface area contributed by atoms with Gasteiger partial charge in [-0.25, -0.2) is 4.79 Å². The number of carbonyl (C=O) groups is 1. The molecule has 1 heterocycles. The average molecular weight is 460 g/mol. The zero-order chi connectivity index (χ0) is 22.9. The molecule has 1 aliphatic heterocycles. The number of amides is 2. The van der Waals surface area contributed by atoms with Crippen LogP contribution in [0, 0.1) is 0 Å². The fourth-order valence-corrected chi connectivity index (χ4v) is 4.45. The number of likely N-dealkylation sites (tertiary alicyclic amines) is 1. The predicted octanol–water partition coefficient (Wildman–Crippen LogP) is 6.55. The summed E-state index contributed by atoms with van der Waals surface area (Å²) in [5, 5.41) is 3.64. The second kappa shape index (κ2) is 11.7. The summed E-state index contributed by atoms with van der Waals surface area (Å²) in [5.41, 5.74) is 3.17. The average Bonchev–Trinajstić information content (AvgIpc) is 2.84. The summed E-state index contributed by atoms with van der Waals surface area (Å²) in [6, 6.07) is 28.1. The third kappa shape index (κ3) is 6.95. The molecular formula is C28H30ClN3O. The van der Waals surface area contributed by atoms with Gasteiger partial charge >= 0.3 is 6.03 Å². The van der Waals surface area contributed by atoms with E-state index >= 15 is 0 Å². The van der Waals surface area contributed by atoms with Crippen LogP contribution in [-0.2, 0) is 6.54 Å². The van der Waals surface area contributed by atoms with E-state index < -0.39 is 0 Å². The summed E-state index contributed by atoms with van der Waals surface area (Å²) in [5.74, 6) is 0. The van der Waals surface area contributed by atoms with Crippen LogP contribution in [0.5, 0.6) is 0 Å². The van der Waals surface area contributed by atoms with Gasteiger partial charge in [0.1, 0.15) is 0 Å². The third-order valence-electron chi connectivity index (χ3n) is 6.00. The Kier molecular flexibility index (Phi) is 8.18. The van der Waals surface area contributed by atoms with Gasteiger partial charge in [-0.1, -0.05) is 90.5 Å². The number of anilines is 1. The van der Waals surface area contributed by atoms with Gasteiger partial charge in [0, 0.05) is 42.9 Å². The Morgan fingerprint density at radius 1 is 0.970 bits per heavy atom. The summed E-state index contributed by atoms with van der Waals surface area (Å²) in [4.78, 5) is 17.7. The number of benzene rings is 3. The highest BCUT2D eigenvalue weighted by Crippen LogP contribution is 2.21. The first-order chi connectivity index (χ1) is 16.2. The summed E-state index contributed by atoms with van der Waals surface area (Å²) in [6.07, 6.45) is 6.05. The maximum atomic E-state index is 13.3. The fraction of sp³-hybridized carbons (Fsp3) is 0.250. The normalized spacial score (nSPS) is 14.9. The number of nitrogens with one attached hydrogen (secondary N) is 1. The van der Waals surface area contributed by atoms with Gasteiger partial charge in [0.15, 0.2) is 0 Å². The molecule has 4 rings (SSSR count). The molecule has 3 aromatic rings. The van der Waals surface area contributed by atoms with Crippen molar-refractivity contribution in [1.82, 2.24) is 9.80 Å². The first-order valence-electron chi connectivity index (χ1n) is 11.5. The van der Waals surface area contributed by atoms with Crippen LogP contribution in [0.3, 0.4) is 0 Å². The third-order valence-corrected chi connectivity index (χ3v) is 6.23. The topological polar surface area (TPSA) is 35.6 Å². The molecule has 0 unspecified atom stereocenters. The summed E-state index contributed by atoms with van der Waals surface area (Å²) >= 11 is 6.11. The van der Waals surface area contributed by atoms with Gasteiger partial charge < -0.3 is 10.2 Å². The monoisotopic (exact) mass is 459 g/mol. The fourth-order valence-electron chi connectivity index (χ4n) is 4.26. The van der Waals surface area contributed by atoms with Crippen LogP contribution in [0.4, 0.5) is 10.5 Å². The van der Waals surface area contributed by atoms with E-state index in [1.807, 2.05) is 35.2 Å². The van der Waals surface area contributed by atoms with Crippen molar-refractivity contribution in [3.63, 3.8) is 0 Å². The first kappa shape index (κ1) is 23.1. The minimum absolute atomic E-state index is 0.0866. The van der Waals surface area contributed by atoms with E-state index in [0.717, 1.165) is 38.0 Å². The van der Waals surface area contributed by atoms with Gasteiger partial charge in [-0.3, -0.25) is 4.90 Å². The lowest BCUT2D eigenvalue weighted by Crippen LogP contribution is -2.48. The highest BCUT2D eigenvalue weighted by Gasteiger charge is 2.27. The van der Waals surface area contributed by atoms with Crippen molar-refractivity contribution in [2.45, 2.75) is 25.4 Å². The molecule has 5 heteroatoms. The molecule has 33 heavy (non-hydrogen) atoms. The van der Waals surface area contributed by atoms with Crippen LogP contribution in [0.25, 0.3) is 6.08 Å². The Bertz CT molecular complexity index is 1050. The molecule has 0 radical (unpaired) electrons. The van der Waals surface area contributed by atoms with Crippen LogP contribution in [0.15, 0.2) is 91.0 Å². The number of carbonyl (C=O) groups excluding carboxylic acids is 1. The molecule has 1 aliphatic rings. The molecule has 3 aromatic carbocycles. The molecule has 0 atom stereocenters. The second-order valence-corrected chi connectivity index (χ2v) is 8.84. The highest BCUT2D eigenvalue weighted by molar-refractivity contribution is 6.30. The Morgan fingerprint density at radius 3 is 2.36 bits per heavy atom. The van der Waals surface area contributed by atoms with Gasteiger partial charge in [0.25, 0.3) is 0 Å². The molecule has 0 aliphatic carbocycles. The van der Waals surface area contributed by atoms with Gasteiger partial charge in [-0.2, -0.15) is 0 Å². The van der Waals surface area contributed by atoms with Crippen molar-refractivity contribution in [3.8, 4) is 0 Å². The van der Waals surface area contributed by atoms with Gasteiger partial charge in [0.05, 0.1) is 0 Å². The lowest BCUT2D eigenvalue weighted by atomic mass is 10.0. The number of urea groups is 1. The lowest BCUT2D eigenvalue weighted by Gasteiger charge is -2.38. The van der Waals surface area contributed by atoms with Crippen molar-refractivity contribution in [2.24, 2.45) is 0 Å². The number of nitrogens with zero attached hydrogens (tertiary/aromatic N) is 2. The smallest absolute Gasteiger partial charge is 0.318 e. The summed E-state index contributed by atoms with van der Waals surface area (Å²) in [7, 11) is 0. The van der Waals surface area contributed by atoms with E-state index in [9.17, 15) is 4.79 Å². The van der Waals surface area contributed by atoms with Crippen LogP contribution in [0.2, 0.25) is 5.02 Å². The Labute approximate surface area is 201 Å². The molecule has 1 saturated heterocycles.